The number of aromatic nitrogens is 3. The first-order chi connectivity index (χ1) is 24.6. The molecule has 0 unspecified atom stereocenters. The molecule has 0 aliphatic carbocycles. The average molecular weight is 816 g/mol. The van der Waals surface area contributed by atoms with E-state index in [2.05, 4.69) is 71.6 Å². The minimum atomic E-state index is -0.543. The summed E-state index contributed by atoms with van der Waals surface area (Å²) >= 11 is 0. The summed E-state index contributed by atoms with van der Waals surface area (Å²) in [5.41, 5.74) is 11.3. The number of nitrogens with one attached hydrogen (secondary N) is 2. The van der Waals surface area contributed by atoms with Crippen LogP contribution in [0.15, 0.2) is 162 Å². The highest BCUT2D eigenvalue weighted by Gasteiger charge is 2.15. The number of hydrogen-bond acceptors (Lipinski definition) is 5. The molecule has 3 aromatic heterocycles. The van der Waals surface area contributed by atoms with Gasteiger partial charge in [0.15, 0.2) is 25.5 Å². The summed E-state index contributed by atoms with van der Waals surface area (Å²) in [5, 5.41) is 10.4. The number of fused-ring (bicyclic) bond motifs is 2. The Morgan fingerprint density at radius 3 is 1.37 bits per heavy atom. The molecule has 11 heteroatoms. The first kappa shape index (κ1) is 37.3. The zero-order valence-electron chi connectivity index (χ0n) is 27.8. The molecule has 0 aliphatic rings. The molecule has 7 rings (SSSR count). The Hall–Kier alpha value is -5.91. The first-order valence-corrected chi connectivity index (χ1v) is 16.2. The number of para-hydroxylation sites is 2. The van der Waals surface area contributed by atoms with E-state index in [9.17, 15) is 9.59 Å². The van der Waals surface area contributed by atoms with Crippen LogP contribution in [-0.2, 0) is 13.1 Å². The first-order valence-electron chi connectivity index (χ1n) is 16.2. The Balaban J connectivity index is 0.00000261. The van der Waals surface area contributed by atoms with E-state index >= 15 is 0 Å². The van der Waals surface area contributed by atoms with Crippen molar-refractivity contribution in [2.75, 3.05) is 0 Å². The molecule has 0 atom stereocenters. The molecule has 0 saturated carbocycles. The molecule has 0 radical (unpaired) electrons. The number of rotatable bonds is 10. The van der Waals surface area contributed by atoms with Crippen molar-refractivity contribution in [2.24, 2.45) is 10.2 Å². The fourth-order valence-corrected chi connectivity index (χ4v) is 5.80. The van der Waals surface area contributed by atoms with Crippen LogP contribution in [-0.4, -0.2) is 29.2 Å². The van der Waals surface area contributed by atoms with Gasteiger partial charge < -0.3 is 34.0 Å². The van der Waals surface area contributed by atoms with Crippen molar-refractivity contribution in [3.63, 3.8) is 0 Å². The summed E-state index contributed by atoms with van der Waals surface area (Å²) in [6, 6.07) is 45.2. The lowest BCUT2D eigenvalue weighted by atomic mass is 10.1. The molecule has 7 aromatic rings. The SMILES string of the molecule is O=C(NN=Cc1cc[n+](Cc2ccccc2)c2ccccc12)c1cccc(C(=O)NN=Cc2cc[n+](Cc3ccccc3)c3ccccc23)n1.[Br-].[Br-]. The van der Waals surface area contributed by atoms with Gasteiger partial charge >= 0.3 is 0 Å². The van der Waals surface area contributed by atoms with E-state index in [4.69, 9.17) is 0 Å². The van der Waals surface area contributed by atoms with Crippen molar-refractivity contribution >= 4 is 46.0 Å². The van der Waals surface area contributed by atoms with Crippen LogP contribution in [0.3, 0.4) is 0 Å². The Morgan fingerprint density at radius 1 is 0.519 bits per heavy atom. The number of amides is 2. The Kier molecular flexibility index (Phi) is 12.8. The van der Waals surface area contributed by atoms with E-state index < -0.39 is 11.8 Å². The molecule has 0 fully saturated rings. The number of carbonyl (C=O) groups excluding carboxylic acids is 2. The molecule has 0 spiro atoms. The van der Waals surface area contributed by atoms with Gasteiger partial charge in [-0.25, -0.2) is 15.8 Å². The topological polar surface area (TPSA) is 104 Å². The van der Waals surface area contributed by atoms with Crippen molar-refractivity contribution in [3.8, 4) is 0 Å². The molecule has 0 aliphatic heterocycles. The molecule has 4 aromatic carbocycles. The third-order valence-corrected chi connectivity index (χ3v) is 8.26. The molecule has 258 valence electrons. The van der Waals surface area contributed by atoms with Crippen molar-refractivity contribution in [3.05, 3.63) is 186 Å². The Labute approximate surface area is 321 Å². The van der Waals surface area contributed by atoms with E-state index in [0.29, 0.717) is 0 Å². The lowest BCUT2D eigenvalue weighted by molar-refractivity contribution is -0.662. The van der Waals surface area contributed by atoms with Crippen LogP contribution in [0, 0.1) is 0 Å². The quantitative estimate of drug-likeness (QED) is 0.112. The number of hydrazone groups is 2. The van der Waals surface area contributed by atoms with E-state index in [0.717, 1.165) is 46.0 Å². The number of nitrogens with zero attached hydrogens (tertiary/aromatic N) is 5. The molecule has 2 N–H and O–H groups in total. The van der Waals surface area contributed by atoms with Gasteiger partial charge in [0.05, 0.1) is 23.2 Å². The number of carbonyl (C=O) groups is 2. The molecule has 52 heavy (non-hydrogen) atoms. The second-order valence-electron chi connectivity index (χ2n) is 11.6. The van der Waals surface area contributed by atoms with Crippen molar-refractivity contribution < 1.29 is 52.7 Å². The lowest BCUT2D eigenvalue weighted by Gasteiger charge is -2.05. The summed E-state index contributed by atoms with van der Waals surface area (Å²) in [6.45, 7) is 1.46. The van der Waals surface area contributed by atoms with Crippen LogP contribution in [0.5, 0.6) is 0 Å². The molecule has 0 bridgehead atoms. The molecule has 0 saturated heterocycles. The third-order valence-electron chi connectivity index (χ3n) is 8.26. The molecular weight excluding hydrogens is 782 g/mol. The van der Waals surface area contributed by atoms with Gasteiger partial charge in [-0.15, -0.1) is 0 Å². The van der Waals surface area contributed by atoms with Gasteiger partial charge in [0, 0.05) is 46.5 Å². The molecule has 9 nitrogen and oxygen atoms in total. The van der Waals surface area contributed by atoms with Gasteiger partial charge in [0.1, 0.15) is 11.4 Å². The summed E-state index contributed by atoms with van der Waals surface area (Å²) < 4.78 is 4.35. The predicted octanol–water partition coefficient (Wildman–Crippen LogP) is -0.405. The minimum absolute atomic E-state index is 0. The summed E-state index contributed by atoms with van der Waals surface area (Å²) in [5.74, 6) is -1.09. The van der Waals surface area contributed by atoms with E-state index in [1.807, 2.05) is 97.3 Å². The minimum Gasteiger partial charge on any atom is -1.00 e. The van der Waals surface area contributed by atoms with Crippen LogP contribution in [0.2, 0.25) is 0 Å². The third kappa shape index (κ3) is 8.87. The lowest BCUT2D eigenvalue weighted by Crippen LogP contribution is -3.00. The van der Waals surface area contributed by atoms with Gasteiger partial charge in [-0.05, 0) is 24.3 Å². The van der Waals surface area contributed by atoms with Crippen LogP contribution in [0.25, 0.3) is 21.8 Å². The maximum atomic E-state index is 12.9. The van der Waals surface area contributed by atoms with Gasteiger partial charge in [-0.2, -0.15) is 19.3 Å². The normalized spacial score (nSPS) is 10.9. The predicted molar refractivity (Wildman–Crippen MR) is 194 cm³/mol. The fourth-order valence-electron chi connectivity index (χ4n) is 5.80. The van der Waals surface area contributed by atoms with Gasteiger partial charge in [-0.1, -0.05) is 91.0 Å². The van der Waals surface area contributed by atoms with Crippen molar-refractivity contribution in [1.82, 2.24) is 15.8 Å². The van der Waals surface area contributed by atoms with Crippen molar-refractivity contribution in [2.45, 2.75) is 13.1 Å². The van der Waals surface area contributed by atoms with Crippen LogP contribution >= 0.6 is 0 Å². The largest absolute Gasteiger partial charge is 1.00 e. The number of halogens is 2. The van der Waals surface area contributed by atoms with Crippen LogP contribution in [0.4, 0.5) is 0 Å². The number of hydrogen-bond donors (Lipinski definition) is 2. The fraction of sp³-hybridized carbons (Fsp3) is 0.0488. The van der Waals surface area contributed by atoms with E-state index in [-0.39, 0.29) is 45.4 Å². The zero-order valence-corrected chi connectivity index (χ0v) is 31.0. The molecule has 3 heterocycles. The Morgan fingerprint density at radius 2 is 0.923 bits per heavy atom. The maximum Gasteiger partial charge on any atom is 0.289 e. The maximum absolute atomic E-state index is 12.9. The zero-order chi connectivity index (χ0) is 34.1. The number of pyridine rings is 3. The highest BCUT2D eigenvalue weighted by Crippen LogP contribution is 2.16. The summed E-state index contributed by atoms with van der Waals surface area (Å²) in [6.07, 6.45) is 7.23. The molecule has 2 amide bonds. The summed E-state index contributed by atoms with van der Waals surface area (Å²) in [4.78, 5) is 30.1. The monoisotopic (exact) mass is 813 g/mol. The second-order valence-corrected chi connectivity index (χ2v) is 11.6. The van der Waals surface area contributed by atoms with Crippen molar-refractivity contribution in [1.29, 1.82) is 0 Å². The number of benzene rings is 4. The standard InChI is InChI=1S/C41H31N7O2.2BrH/c49-40(45-42-26-32-22-24-47(28-30-12-3-1-4-13-30)38-20-9-7-16-34(32)38)36-18-11-19-37(44-36)41(50)46-43-27-33-23-25-48(29-31-14-5-2-6-15-31)39-21-10-8-17-35(33)39;;/h1-27H,28-29H2;2*1H. The highest BCUT2D eigenvalue weighted by atomic mass is 79.9. The smallest absolute Gasteiger partial charge is 0.289 e. The van der Waals surface area contributed by atoms with E-state index in [1.54, 1.807) is 18.5 Å². The van der Waals surface area contributed by atoms with E-state index in [1.165, 1.54) is 23.3 Å². The molecular formula is C41H33Br2N7O2. The van der Waals surface area contributed by atoms with Gasteiger partial charge in [-0.3, -0.25) is 9.59 Å². The summed E-state index contributed by atoms with van der Waals surface area (Å²) in [7, 11) is 0. The van der Waals surface area contributed by atoms with Crippen LogP contribution < -0.4 is 53.9 Å². The average Bonchev–Trinajstić information content (AvgIpc) is 3.17. The Bertz CT molecular complexity index is 2220. The van der Waals surface area contributed by atoms with Gasteiger partial charge in [0.25, 0.3) is 11.8 Å². The van der Waals surface area contributed by atoms with Crippen LogP contribution in [0.1, 0.15) is 43.2 Å². The van der Waals surface area contributed by atoms with Gasteiger partial charge in [0.2, 0.25) is 11.0 Å². The highest BCUT2D eigenvalue weighted by molar-refractivity contribution is 6.00. The second kappa shape index (κ2) is 17.8.